The van der Waals surface area contributed by atoms with Gasteiger partial charge in [0.1, 0.15) is 5.75 Å². The number of anilines is 1. The number of piperazine rings is 1. The highest BCUT2D eigenvalue weighted by atomic mass is 35.5. The van der Waals surface area contributed by atoms with Crippen LogP contribution in [0.5, 0.6) is 5.75 Å². The first-order valence-electron chi connectivity index (χ1n) is 8.81. The Balaban J connectivity index is 1.68. The van der Waals surface area contributed by atoms with Gasteiger partial charge in [0.25, 0.3) is 0 Å². The third-order valence-electron chi connectivity index (χ3n) is 4.53. The molecule has 0 unspecified atom stereocenters. The van der Waals surface area contributed by atoms with Gasteiger partial charge in [-0.25, -0.2) is 13.2 Å². The molecule has 156 valence electrons. The lowest BCUT2D eigenvalue weighted by Crippen LogP contribution is -2.48. The fraction of sp³-hybridized carbons (Fsp3) is 0.316. The van der Waals surface area contributed by atoms with Gasteiger partial charge >= 0.3 is 5.97 Å². The first-order chi connectivity index (χ1) is 13.8. The summed E-state index contributed by atoms with van der Waals surface area (Å²) in [6.45, 7) is 1.47. The van der Waals surface area contributed by atoms with Crippen LogP contribution in [0, 0.1) is 0 Å². The summed E-state index contributed by atoms with van der Waals surface area (Å²) in [5.74, 6) is -0.350. The highest BCUT2D eigenvalue weighted by Crippen LogP contribution is 2.29. The van der Waals surface area contributed by atoms with Crippen molar-refractivity contribution < 1.29 is 22.7 Å². The van der Waals surface area contributed by atoms with Gasteiger partial charge in [-0.1, -0.05) is 29.3 Å². The van der Waals surface area contributed by atoms with E-state index in [0.29, 0.717) is 31.2 Å². The van der Waals surface area contributed by atoms with E-state index in [-0.39, 0.29) is 22.3 Å². The zero-order valence-corrected chi connectivity index (χ0v) is 18.0. The van der Waals surface area contributed by atoms with Crippen LogP contribution in [0.15, 0.2) is 47.4 Å². The van der Waals surface area contributed by atoms with E-state index in [1.54, 1.807) is 6.07 Å². The minimum Gasteiger partial charge on any atom is -0.480 e. The maximum atomic E-state index is 13.0. The van der Waals surface area contributed by atoms with Gasteiger partial charge in [0.15, 0.2) is 6.61 Å². The van der Waals surface area contributed by atoms with Crippen molar-refractivity contribution >= 4 is 44.9 Å². The van der Waals surface area contributed by atoms with Crippen LogP contribution in [0.2, 0.25) is 10.0 Å². The van der Waals surface area contributed by atoms with Crippen molar-refractivity contribution in [1.82, 2.24) is 4.31 Å². The highest BCUT2D eigenvalue weighted by molar-refractivity contribution is 7.89. The molecule has 0 aliphatic carbocycles. The molecule has 0 atom stereocenters. The summed E-state index contributed by atoms with van der Waals surface area (Å²) < 4.78 is 37.1. The highest BCUT2D eigenvalue weighted by Gasteiger charge is 2.29. The Morgan fingerprint density at radius 2 is 1.79 bits per heavy atom. The van der Waals surface area contributed by atoms with E-state index in [1.165, 1.54) is 29.6 Å². The smallest absolute Gasteiger partial charge is 0.343 e. The molecule has 0 bridgehead atoms. The summed E-state index contributed by atoms with van der Waals surface area (Å²) in [6.07, 6.45) is 0. The second-order valence-corrected chi connectivity index (χ2v) is 9.11. The van der Waals surface area contributed by atoms with Crippen molar-refractivity contribution in [3.05, 3.63) is 52.5 Å². The van der Waals surface area contributed by atoms with Crippen LogP contribution in [0.4, 0.5) is 5.69 Å². The number of rotatable bonds is 6. The monoisotopic (exact) mass is 458 g/mol. The topological polar surface area (TPSA) is 76.1 Å². The zero-order chi connectivity index (χ0) is 21.0. The van der Waals surface area contributed by atoms with Crippen LogP contribution >= 0.6 is 23.2 Å². The van der Waals surface area contributed by atoms with Crippen LogP contribution in [0.1, 0.15) is 0 Å². The van der Waals surface area contributed by atoms with Crippen LogP contribution < -0.4 is 9.64 Å². The molecule has 0 spiro atoms. The van der Waals surface area contributed by atoms with Crippen molar-refractivity contribution in [2.24, 2.45) is 0 Å². The lowest BCUT2D eigenvalue weighted by Gasteiger charge is -2.35. The molecule has 0 saturated carbocycles. The molecule has 2 aromatic rings. The van der Waals surface area contributed by atoms with Crippen molar-refractivity contribution in [2.75, 3.05) is 44.8 Å². The summed E-state index contributed by atoms with van der Waals surface area (Å²) in [6, 6.07) is 11.6. The van der Waals surface area contributed by atoms with E-state index >= 15 is 0 Å². The molecule has 0 amide bonds. The van der Waals surface area contributed by atoms with E-state index in [9.17, 15) is 13.2 Å². The van der Waals surface area contributed by atoms with Crippen LogP contribution in [0.3, 0.4) is 0 Å². The number of nitrogens with zero attached hydrogens (tertiary/aromatic N) is 2. The minimum atomic E-state index is -3.70. The summed E-state index contributed by atoms with van der Waals surface area (Å²) in [5.41, 5.74) is 0.963. The fourth-order valence-corrected chi connectivity index (χ4v) is 4.90. The third kappa shape index (κ3) is 5.14. The molecule has 7 nitrogen and oxygen atoms in total. The van der Waals surface area contributed by atoms with Crippen LogP contribution in [-0.2, 0) is 19.6 Å². The Labute approximate surface area is 179 Å². The van der Waals surface area contributed by atoms with Gasteiger partial charge in [0.2, 0.25) is 10.0 Å². The molecular weight excluding hydrogens is 439 g/mol. The van der Waals surface area contributed by atoms with Crippen LogP contribution in [-0.4, -0.2) is 58.6 Å². The SMILES string of the molecule is COC(=O)COc1ccc(S(=O)(=O)N2CCN(c3cccc(Cl)c3)CC2)cc1Cl. The molecule has 0 radical (unpaired) electrons. The summed E-state index contributed by atoms with van der Waals surface area (Å²) in [4.78, 5) is 13.3. The van der Waals surface area contributed by atoms with Crippen molar-refractivity contribution in [3.63, 3.8) is 0 Å². The average molecular weight is 459 g/mol. The predicted octanol–water partition coefficient (Wildman–Crippen LogP) is 3.06. The van der Waals surface area contributed by atoms with Gasteiger partial charge in [-0.2, -0.15) is 4.31 Å². The Hall–Kier alpha value is -2.00. The van der Waals surface area contributed by atoms with Gasteiger partial charge in [-0.3, -0.25) is 0 Å². The van der Waals surface area contributed by atoms with Gasteiger partial charge in [-0.05, 0) is 36.4 Å². The Morgan fingerprint density at radius 1 is 1.07 bits per heavy atom. The lowest BCUT2D eigenvalue weighted by atomic mass is 10.2. The third-order valence-corrected chi connectivity index (χ3v) is 6.95. The molecule has 0 aromatic heterocycles. The van der Waals surface area contributed by atoms with E-state index in [1.807, 2.05) is 18.2 Å². The number of sulfonamides is 1. The molecule has 1 fully saturated rings. The number of ether oxygens (including phenoxy) is 2. The van der Waals surface area contributed by atoms with Crippen molar-refractivity contribution in [1.29, 1.82) is 0 Å². The molecule has 3 rings (SSSR count). The van der Waals surface area contributed by atoms with Gasteiger partial charge in [0, 0.05) is 36.9 Å². The second kappa shape index (κ2) is 9.21. The average Bonchev–Trinajstić information content (AvgIpc) is 2.72. The first kappa shape index (κ1) is 21.7. The minimum absolute atomic E-state index is 0.0733. The lowest BCUT2D eigenvalue weighted by molar-refractivity contribution is -0.142. The number of carbonyl (C=O) groups is 1. The normalized spacial score (nSPS) is 15.2. The molecule has 10 heteroatoms. The summed E-state index contributed by atoms with van der Waals surface area (Å²) in [7, 11) is -2.46. The Morgan fingerprint density at radius 3 is 2.41 bits per heavy atom. The van der Waals surface area contributed by atoms with E-state index in [2.05, 4.69) is 9.64 Å². The van der Waals surface area contributed by atoms with Crippen molar-refractivity contribution in [3.8, 4) is 5.75 Å². The maximum Gasteiger partial charge on any atom is 0.343 e. The number of esters is 1. The molecule has 1 aliphatic rings. The number of methoxy groups -OCH3 is 1. The molecule has 2 aromatic carbocycles. The predicted molar refractivity (Wildman–Crippen MR) is 111 cm³/mol. The molecule has 1 saturated heterocycles. The molecule has 0 N–H and O–H groups in total. The van der Waals surface area contributed by atoms with E-state index in [0.717, 1.165) is 5.69 Å². The standard InChI is InChI=1S/C19H20Cl2N2O5S/c1-27-19(24)13-28-18-6-5-16(12-17(18)21)29(25,26)23-9-7-22(8-10-23)15-4-2-3-14(20)11-15/h2-6,11-12H,7-10,13H2,1H3. The summed E-state index contributed by atoms with van der Waals surface area (Å²) in [5, 5.41) is 0.745. The Bertz CT molecular complexity index is 992. The largest absolute Gasteiger partial charge is 0.480 e. The quantitative estimate of drug-likeness (QED) is 0.619. The van der Waals surface area contributed by atoms with Crippen LogP contribution in [0.25, 0.3) is 0 Å². The van der Waals surface area contributed by atoms with E-state index < -0.39 is 16.0 Å². The van der Waals surface area contributed by atoms with E-state index in [4.69, 9.17) is 27.9 Å². The first-order valence-corrected chi connectivity index (χ1v) is 11.0. The van der Waals surface area contributed by atoms with Gasteiger partial charge in [-0.15, -0.1) is 0 Å². The fourth-order valence-electron chi connectivity index (χ4n) is 2.96. The number of hydrogen-bond donors (Lipinski definition) is 0. The Kier molecular flexibility index (Phi) is 6.89. The number of hydrogen-bond acceptors (Lipinski definition) is 6. The number of carbonyl (C=O) groups excluding carboxylic acids is 1. The molecule has 1 heterocycles. The number of halogens is 2. The maximum absolute atomic E-state index is 13.0. The van der Waals surface area contributed by atoms with Crippen molar-refractivity contribution in [2.45, 2.75) is 4.90 Å². The van der Waals surface area contributed by atoms with Gasteiger partial charge in [0.05, 0.1) is 17.0 Å². The molecule has 1 aliphatic heterocycles. The number of benzene rings is 2. The molecular formula is C19H20Cl2N2O5S. The zero-order valence-electron chi connectivity index (χ0n) is 15.7. The summed E-state index contributed by atoms with van der Waals surface area (Å²) >= 11 is 12.2. The second-order valence-electron chi connectivity index (χ2n) is 6.33. The molecule has 29 heavy (non-hydrogen) atoms. The van der Waals surface area contributed by atoms with Gasteiger partial charge < -0.3 is 14.4 Å².